The van der Waals surface area contributed by atoms with Crippen LogP contribution in [0.2, 0.25) is 0 Å². The van der Waals surface area contributed by atoms with Crippen LogP contribution in [0.25, 0.3) is 0 Å². The van der Waals surface area contributed by atoms with Crippen molar-refractivity contribution in [1.29, 1.82) is 0 Å². The molecule has 0 saturated carbocycles. The molecule has 0 saturated heterocycles. The number of hydrogen-bond donors (Lipinski definition) is 0. The monoisotopic (exact) mass is 1060 g/mol. The van der Waals surface area contributed by atoms with E-state index < -0.39 is 28.6 Å². The van der Waals surface area contributed by atoms with Crippen LogP contribution in [0.1, 0.15) is 0 Å². The van der Waals surface area contributed by atoms with Crippen LogP contribution in [0, 0.1) is 0 Å². The smallest absolute Gasteiger partial charge is 0.172 e. The molecule has 0 unspecified atom stereocenters. The molecule has 0 heterocycles. The van der Waals surface area contributed by atoms with E-state index in [1.165, 1.54) is 0 Å². The third-order valence-electron chi connectivity index (χ3n) is 13.3. The van der Waals surface area contributed by atoms with Crippen LogP contribution < -0.4 is 92.1 Å². The van der Waals surface area contributed by atoms with Gasteiger partial charge in [-0.3, -0.25) is 0 Å². The lowest BCUT2D eigenvalue weighted by atomic mass is 10.3. The summed E-state index contributed by atoms with van der Waals surface area (Å²) in [6, 6.07) is 62.8. The van der Waals surface area contributed by atoms with Gasteiger partial charge < -0.3 is 46.7 Å². The highest BCUT2D eigenvalue weighted by Gasteiger charge is 2.50. The molecule has 0 aromatic heterocycles. The Hall–Kier alpha value is -7.30. The maximum absolute atomic E-state index is 18.3. The van der Waals surface area contributed by atoms with Crippen LogP contribution in [-0.4, -0.2) is 42.7 Å². The molecule has 9 rings (SSSR count). The van der Waals surface area contributed by atoms with Crippen molar-refractivity contribution in [2.24, 2.45) is 0 Å². The molecule has 0 fully saturated rings. The van der Waals surface area contributed by atoms with Crippen molar-refractivity contribution < 1.29 is 46.7 Å². The molecule has 9 aromatic rings. The molecule has 0 bridgehead atoms. The largest absolute Gasteiger partial charge is 0.497 e. The summed E-state index contributed by atoms with van der Waals surface area (Å²) in [4.78, 5) is 0. The summed E-state index contributed by atoms with van der Waals surface area (Å²) in [6.07, 6.45) is 0. The van der Waals surface area contributed by atoms with E-state index in [9.17, 15) is 0 Å². The van der Waals surface area contributed by atoms with E-state index in [-0.39, 0.29) is 21.2 Å². The predicted octanol–water partition coefficient (Wildman–Crippen LogP) is 8.30. The zero-order valence-electron chi connectivity index (χ0n) is 41.7. The average Bonchev–Trinajstić information content (AvgIpc) is 3.48. The van der Waals surface area contributed by atoms with Crippen LogP contribution in [-0.2, 0) is 18.3 Å². The maximum Gasteiger partial charge on any atom is 0.172 e. The zero-order chi connectivity index (χ0) is 52.1. The molecule has 74 heavy (non-hydrogen) atoms. The van der Waals surface area contributed by atoms with Gasteiger partial charge in [0.25, 0.3) is 0 Å². The molecule has 14 heteroatoms. The van der Waals surface area contributed by atoms with Gasteiger partial charge >= 0.3 is 0 Å². The number of rotatable bonds is 18. The van der Waals surface area contributed by atoms with Crippen LogP contribution in [0.3, 0.4) is 0 Å². The van der Waals surface area contributed by atoms with E-state index in [4.69, 9.17) is 28.4 Å². The van der Waals surface area contributed by atoms with Crippen molar-refractivity contribution in [3.05, 3.63) is 218 Å². The second-order valence-corrected chi connectivity index (χ2v) is 28.0. The van der Waals surface area contributed by atoms with Gasteiger partial charge in [-0.15, -0.1) is 0 Å². The summed E-state index contributed by atoms with van der Waals surface area (Å²) in [5, 5.41) is 3.01. The maximum atomic E-state index is 18.3. The molecular formula is C60H54O10P4. The van der Waals surface area contributed by atoms with Crippen LogP contribution in [0.4, 0.5) is 0 Å². The van der Waals surface area contributed by atoms with Gasteiger partial charge in [-0.2, -0.15) is 0 Å². The van der Waals surface area contributed by atoms with E-state index in [1.54, 1.807) is 225 Å². The first-order chi connectivity index (χ1) is 35.9. The Kier molecular flexibility index (Phi) is 15.1. The van der Waals surface area contributed by atoms with Gasteiger partial charge in [-0.1, -0.05) is 60.7 Å². The molecular weight excluding hydrogens is 1000 g/mol. The second-order valence-electron chi connectivity index (χ2n) is 17.1. The lowest BCUT2D eigenvalue weighted by molar-refractivity contribution is 0.415. The highest BCUT2D eigenvalue weighted by molar-refractivity contribution is 7.95. The fraction of sp³-hybridized carbons (Fsp3) is 0.100. The van der Waals surface area contributed by atoms with Crippen molar-refractivity contribution in [2.45, 2.75) is 0 Å². The SMILES string of the molecule is COc1ccc(P(=O)(c2ccc(OC)cc2)c2ccc(P(=O)(c3ccccc3)c3ccccc3)c(P(=O)(c3ccc(OC)cc3)c3ccc(OC)cc3)c2P(=O)(c2ccc(OC)cc2)c2ccc(OC)cc2)cc1. The average molecular weight is 1060 g/mol. The summed E-state index contributed by atoms with van der Waals surface area (Å²) < 4.78 is 106. The van der Waals surface area contributed by atoms with Crippen molar-refractivity contribution in [3.63, 3.8) is 0 Å². The second kappa shape index (κ2) is 21.7. The number of methoxy groups -OCH3 is 6. The molecule has 0 radical (unpaired) electrons. The quantitative estimate of drug-likeness (QED) is 0.0776. The van der Waals surface area contributed by atoms with Gasteiger partial charge in [0.1, 0.15) is 34.5 Å². The predicted molar refractivity (Wildman–Crippen MR) is 303 cm³/mol. The summed E-state index contributed by atoms with van der Waals surface area (Å²) in [5.74, 6) is 3.01. The lowest BCUT2D eigenvalue weighted by Gasteiger charge is -2.35. The minimum absolute atomic E-state index is 0.00130. The Balaban J connectivity index is 1.63. The van der Waals surface area contributed by atoms with Crippen LogP contribution >= 0.6 is 28.6 Å². The first-order valence-corrected chi connectivity index (χ1v) is 30.3. The first kappa shape index (κ1) is 51.6. The van der Waals surface area contributed by atoms with Gasteiger partial charge in [-0.25, -0.2) is 0 Å². The molecule has 0 amide bonds. The van der Waals surface area contributed by atoms with Crippen molar-refractivity contribution in [3.8, 4) is 34.5 Å². The number of ether oxygens (including phenoxy) is 6. The van der Waals surface area contributed by atoms with E-state index in [0.29, 0.717) is 76.9 Å². The van der Waals surface area contributed by atoms with E-state index in [0.717, 1.165) is 0 Å². The molecule has 0 N–H and O–H groups in total. The zero-order valence-corrected chi connectivity index (χ0v) is 45.2. The molecule has 10 nitrogen and oxygen atoms in total. The first-order valence-electron chi connectivity index (χ1n) is 23.5. The normalized spacial score (nSPS) is 11.9. The minimum Gasteiger partial charge on any atom is -0.497 e. The third kappa shape index (κ3) is 9.12. The lowest BCUT2D eigenvalue weighted by Crippen LogP contribution is -2.53. The van der Waals surface area contributed by atoms with Crippen LogP contribution in [0.5, 0.6) is 34.5 Å². The number of benzene rings is 9. The van der Waals surface area contributed by atoms with Crippen molar-refractivity contribution in [2.75, 3.05) is 42.7 Å². The molecule has 374 valence electrons. The van der Waals surface area contributed by atoms with Crippen molar-refractivity contribution in [1.82, 2.24) is 0 Å². The minimum atomic E-state index is -4.60. The molecule has 0 spiro atoms. The Labute approximate surface area is 432 Å². The molecule has 0 aliphatic rings. The Morgan fingerprint density at radius 1 is 0.216 bits per heavy atom. The molecule has 0 aliphatic carbocycles. The van der Waals surface area contributed by atoms with Crippen molar-refractivity contribution >= 4 is 92.2 Å². The van der Waals surface area contributed by atoms with Crippen LogP contribution in [0.15, 0.2) is 218 Å². The van der Waals surface area contributed by atoms with Gasteiger partial charge in [0.15, 0.2) is 28.6 Å². The molecule has 9 aromatic carbocycles. The Morgan fingerprint density at radius 3 is 0.581 bits per heavy atom. The van der Waals surface area contributed by atoms with Gasteiger partial charge in [0, 0.05) is 63.7 Å². The Morgan fingerprint density at radius 2 is 0.392 bits per heavy atom. The third-order valence-corrected chi connectivity index (χ3v) is 26.3. The summed E-state index contributed by atoms with van der Waals surface area (Å²) >= 11 is 0. The summed E-state index contributed by atoms with van der Waals surface area (Å²) in [6.45, 7) is 0. The fourth-order valence-corrected chi connectivity index (χ4v) is 23.1. The number of hydrogen-bond acceptors (Lipinski definition) is 10. The van der Waals surface area contributed by atoms with E-state index >= 15 is 18.3 Å². The van der Waals surface area contributed by atoms with Gasteiger partial charge in [0.05, 0.1) is 42.7 Å². The fourth-order valence-electron chi connectivity index (χ4n) is 9.39. The molecule has 0 atom stereocenters. The van der Waals surface area contributed by atoms with E-state index in [2.05, 4.69) is 0 Å². The summed E-state index contributed by atoms with van der Waals surface area (Å²) in [5.41, 5.74) is 0. The van der Waals surface area contributed by atoms with Gasteiger partial charge in [-0.05, 0) is 158 Å². The summed E-state index contributed by atoms with van der Waals surface area (Å²) in [7, 11) is -8.49. The highest BCUT2D eigenvalue weighted by Crippen LogP contribution is 2.55. The standard InChI is InChI=1S/C60H54O10P4/c1-65-43-17-29-51(30-18-43)72(62,52-31-19-44(66-2)20-32-52)58-42-41-57(71(61,49-13-9-7-10-14-49)50-15-11-8-12-16-50)59(73(63,53-33-21-45(67-3)22-34-53)54-35-23-46(68-4)24-36-54)60(58)74(64,55-37-25-47(69-5)26-38-55)56-39-27-48(70-6)28-40-56/h7-42H,1-6H3. The topological polar surface area (TPSA) is 124 Å². The highest BCUT2D eigenvalue weighted by atomic mass is 31.2. The molecule has 0 aliphatic heterocycles. The Bertz CT molecular complexity index is 3390. The van der Waals surface area contributed by atoms with Gasteiger partial charge in [0.2, 0.25) is 0 Å². The van der Waals surface area contributed by atoms with E-state index in [1.807, 2.05) is 36.4 Å².